The summed E-state index contributed by atoms with van der Waals surface area (Å²) < 4.78 is 53.0. The highest BCUT2D eigenvalue weighted by molar-refractivity contribution is 7.51. The number of carbonyl (C=O) groups is 1. The second kappa shape index (κ2) is 12.9. The Labute approximate surface area is 240 Å². The molecule has 0 radical (unpaired) electrons. The van der Waals surface area contributed by atoms with Crippen LogP contribution in [0.3, 0.4) is 0 Å². The Kier molecular flexibility index (Phi) is 9.70. The highest BCUT2D eigenvalue weighted by Gasteiger charge is 2.46. The number of esters is 1. The van der Waals surface area contributed by atoms with E-state index in [4.69, 9.17) is 37.8 Å². The lowest BCUT2D eigenvalue weighted by Crippen LogP contribution is -2.38. The number of aliphatic hydroxyl groups is 1. The quantitative estimate of drug-likeness (QED) is 0.134. The highest BCUT2D eigenvalue weighted by atomic mass is 31.2. The van der Waals surface area contributed by atoms with Gasteiger partial charge < -0.3 is 33.9 Å². The predicted molar refractivity (Wildman–Crippen MR) is 144 cm³/mol. The van der Waals surface area contributed by atoms with Crippen molar-refractivity contribution in [2.24, 2.45) is 0 Å². The van der Waals surface area contributed by atoms with Crippen LogP contribution in [0.5, 0.6) is 5.88 Å². The summed E-state index contributed by atoms with van der Waals surface area (Å²) in [6.07, 6.45) is -0.145. The summed E-state index contributed by atoms with van der Waals surface area (Å²) in [6, 6.07) is 0. The number of ether oxygens (including phenoxy) is 3. The third kappa shape index (κ3) is 7.35. The SMILES string of the molecule is CCOc1nc(N)nc2c1ncn2C1CC(C)(O)C(COP(=O)(NCCOC(C)=O)OCc2oc(=O)oc2C(C)C)O1. The van der Waals surface area contributed by atoms with E-state index in [0.29, 0.717) is 17.8 Å². The number of imidazole rings is 1. The zero-order valence-corrected chi connectivity index (χ0v) is 24.8. The molecule has 0 aromatic carbocycles. The number of anilines is 1. The molecule has 0 aliphatic carbocycles. The summed E-state index contributed by atoms with van der Waals surface area (Å²) in [5.74, 6) is -1.19. The predicted octanol–water partition coefficient (Wildman–Crippen LogP) is 2.01. The van der Waals surface area contributed by atoms with Gasteiger partial charge in [-0.15, -0.1) is 0 Å². The number of nitrogen functional groups attached to an aromatic ring is 1. The van der Waals surface area contributed by atoms with Crippen molar-refractivity contribution in [2.75, 3.05) is 32.1 Å². The van der Waals surface area contributed by atoms with E-state index in [1.807, 2.05) is 0 Å². The standard InChI is InChI=1S/C24H35N6O11P/c1-6-35-21-18-20(28-22(25)29-21)30(12-26-18)17-9-24(5,33)16(40-17)11-38-42(34,27-7-8-36-14(4)31)37-10-15-19(13(2)3)41-23(32)39-15/h12-13,16-17,33H,6-11H2,1-5H3,(H,27,34)(H2,25,28,29). The Hall–Kier alpha value is -3.34. The molecule has 42 heavy (non-hydrogen) atoms. The molecule has 0 bridgehead atoms. The average molecular weight is 615 g/mol. The second-order valence-corrected chi connectivity index (χ2v) is 11.8. The van der Waals surface area contributed by atoms with Gasteiger partial charge in [0.05, 0.1) is 25.1 Å². The Balaban J connectivity index is 1.49. The van der Waals surface area contributed by atoms with Crippen molar-refractivity contribution in [3.63, 3.8) is 0 Å². The van der Waals surface area contributed by atoms with Crippen LogP contribution in [0.1, 0.15) is 64.7 Å². The Morgan fingerprint density at radius 2 is 2.10 bits per heavy atom. The molecule has 4 unspecified atom stereocenters. The lowest BCUT2D eigenvalue weighted by atomic mass is 9.98. The molecule has 1 aliphatic rings. The van der Waals surface area contributed by atoms with Crippen LogP contribution >= 0.6 is 7.75 Å². The van der Waals surface area contributed by atoms with Crippen LogP contribution in [0.25, 0.3) is 11.2 Å². The molecule has 4 atom stereocenters. The van der Waals surface area contributed by atoms with Gasteiger partial charge in [0.25, 0.3) is 0 Å². The average Bonchev–Trinajstić information content (AvgIpc) is 3.58. The van der Waals surface area contributed by atoms with E-state index in [-0.39, 0.29) is 55.4 Å². The number of fused-ring (bicyclic) bond motifs is 1. The maximum atomic E-state index is 13.7. The van der Waals surface area contributed by atoms with Crippen LogP contribution in [0.2, 0.25) is 0 Å². The van der Waals surface area contributed by atoms with E-state index in [1.165, 1.54) is 13.3 Å². The molecule has 4 rings (SSSR count). The van der Waals surface area contributed by atoms with E-state index in [0.717, 1.165) is 0 Å². The van der Waals surface area contributed by atoms with Gasteiger partial charge >= 0.3 is 19.5 Å². The zero-order chi connectivity index (χ0) is 30.7. The van der Waals surface area contributed by atoms with Crippen molar-refractivity contribution in [2.45, 2.75) is 71.5 Å². The first kappa shape index (κ1) is 31.6. The number of nitrogens with one attached hydrogen (secondary N) is 1. The first-order chi connectivity index (χ1) is 19.8. The van der Waals surface area contributed by atoms with E-state index in [2.05, 4.69) is 20.0 Å². The van der Waals surface area contributed by atoms with Crippen LogP contribution < -0.4 is 21.4 Å². The van der Waals surface area contributed by atoms with Crippen LogP contribution in [0, 0.1) is 0 Å². The lowest BCUT2D eigenvalue weighted by molar-refractivity contribution is -0.140. The molecule has 17 nitrogen and oxygen atoms in total. The third-order valence-corrected chi connectivity index (χ3v) is 7.84. The van der Waals surface area contributed by atoms with Gasteiger partial charge in [0, 0.05) is 25.8 Å². The molecule has 3 aromatic heterocycles. The fourth-order valence-electron chi connectivity index (χ4n) is 4.28. The molecule has 1 fully saturated rings. The van der Waals surface area contributed by atoms with Crippen molar-refractivity contribution in [3.05, 3.63) is 28.5 Å². The van der Waals surface area contributed by atoms with Crippen molar-refractivity contribution in [1.29, 1.82) is 0 Å². The molecule has 3 aromatic rings. The molecule has 1 aliphatic heterocycles. The summed E-state index contributed by atoms with van der Waals surface area (Å²) in [6.45, 7) is 7.48. The van der Waals surface area contributed by atoms with E-state index < -0.39 is 44.1 Å². The molecule has 0 spiro atoms. The number of nitrogens with two attached hydrogens (primary N) is 1. The topological polar surface area (TPSA) is 226 Å². The molecule has 0 amide bonds. The van der Waals surface area contributed by atoms with Gasteiger partial charge in [-0.1, -0.05) is 13.8 Å². The fourth-order valence-corrected chi connectivity index (χ4v) is 5.52. The summed E-state index contributed by atoms with van der Waals surface area (Å²) in [7, 11) is -4.14. The van der Waals surface area contributed by atoms with Crippen LogP contribution in [-0.2, 0) is 34.5 Å². The number of hydrogen-bond donors (Lipinski definition) is 3. The molecule has 0 saturated carbocycles. The van der Waals surface area contributed by atoms with Gasteiger partial charge in [-0.3, -0.25) is 18.4 Å². The Morgan fingerprint density at radius 1 is 1.33 bits per heavy atom. The monoisotopic (exact) mass is 614 g/mol. The van der Waals surface area contributed by atoms with E-state index in [1.54, 1.807) is 32.3 Å². The first-order valence-corrected chi connectivity index (χ1v) is 14.8. The molecule has 18 heteroatoms. The van der Waals surface area contributed by atoms with Crippen LogP contribution in [0.15, 0.2) is 20.0 Å². The van der Waals surface area contributed by atoms with Gasteiger partial charge in [0.2, 0.25) is 11.8 Å². The van der Waals surface area contributed by atoms with Gasteiger partial charge in [0.1, 0.15) is 25.5 Å². The largest absolute Gasteiger partial charge is 0.519 e. The number of rotatable bonds is 14. The summed E-state index contributed by atoms with van der Waals surface area (Å²) in [5, 5.41) is 13.8. The van der Waals surface area contributed by atoms with Gasteiger partial charge in [-0.25, -0.2) is 19.4 Å². The van der Waals surface area contributed by atoms with Crippen molar-refractivity contribution in [1.82, 2.24) is 24.6 Å². The van der Waals surface area contributed by atoms with Crippen LogP contribution in [-0.4, -0.2) is 68.7 Å². The molecule has 4 N–H and O–H groups in total. The molecular formula is C24H35N6O11P. The Bertz CT molecular complexity index is 1500. The summed E-state index contributed by atoms with van der Waals surface area (Å²) >= 11 is 0. The minimum absolute atomic E-state index is 0.0238. The fraction of sp³-hybridized carbons (Fsp3) is 0.625. The van der Waals surface area contributed by atoms with Crippen molar-refractivity contribution < 1.29 is 46.6 Å². The number of aromatic nitrogens is 4. The molecule has 1 saturated heterocycles. The first-order valence-electron chi connectivity index (χ1n) is 13.2. The van der Waals surface area contributed by atoms with Gasteiger partial charge in [0.15, 0.2) is 22.7 Å². The van der Waals surface area contributed by atoms with Crippen molar-refractivity contribution in [3.8, 4) is 5.88 Å². The zero-order valence-electron chi connectivity index (χ0n) is 23.9. The van der Waals surface area contributed by atoms with Gasteiger partial charge in [-0.2, -0.15) is 9.97 Å². The minimum Gasteiger partial charge on any atom is -0.476 e. The number of hydrogen-bond acceptors (Lipinski definition) is 15. The third-order valence-electron chi connectivity index (χ3n) is 6.27. The maximum absolute atomic E-state index is 13.7. The minimum atomic E-state index is -4.14. The second-order valence-electron chi connectivity index (χ2n) is 10.00. The van der Waals surface area contributed by atoms with Gasteiger partial charge in [-0.05, 0) is 13.8 Å². The van der Waals surface area contributed by atoms with Crippen molar-refractivity contribution >= 4 is 30.8 Å². The normalized spacial score (nSPS) is 22.1. The highest BCUT2D eigenvalue weighted by Crippen LogP contribution is 2.47. The van der Waals surface area contributed by atoms with E-state index >= 15 is 0 Å². The number of nitrogens with zero attached hydrogens (tertiary/aromatic N) is 4. The molecule has 4 heterocycles. The Morgan fingerprint density at radius 3 is 2.79 bits per heavy atom. The van der Waals surface area contributed by atoms with Crippen LogP contribution in [0.4, 0.5) is 5.95 Å². The molecule has 232 valence electrons. The number of carbonyl (C=O) groups excluding carboxylic acids is 1. The smallest absolute Gasteiger partial charge is 0.476 e. The summed E-state index contributed by atoms with van der Waals surface area (Å²) in [5.41, 5.74) is 5.14. The molecular weight excluding hydrogens is 579 g/mol. The van der Waals surface area contributed by atoms with E-state index in [9.17, 15) is 19.3 Å². The maximum Gasteiger partial charge on any atom is 0.519 e. The summed E-state index contributed by atoms with van der Waals surface area (Å²) in [4.78, 5) is 35.4. The lowest BCUT2D eigenvalue weighted by Gasteiger charge is -2.26.